The predicted octanol–water partition coefficient (Wildman–Crippen LogP) is 3.68. The summed E-state index contributed by atoms with van der Waals surface area (Å²) in [6, 6.07) is 6.44. The molecular formula is C17H15Cl2N5O2. The number of aryl methyl sites for hydroxylation is 1. The van der Waals surface area contributed by atoms with Crippen LogP contribution in [0.1, 0.15) is 12.7 Å². The van der Waals surface area contributed by atoms with Crippen LogP contribution in [-0.2, 0) is 4.79 Å². The monoisotopic (exact) mass is 391 g/mol. The standard InChI is InChI=1S/C17H15Cl2N5O2/c1-10(26-14-4-3-12(18)7-13(14)19)17(25)23-15-8-16(22-9-21-15)24-6-5-20-11(24)2/h3-10H,1-2H3,(H,21,22,23,25). The maximum Gasteiger partial charge on any atom is 0.266 e. The fourth-order valence-electron chi connectivity index (χ4n) is 2.21. The van der Waals surface area contributed by atoms with E-state index in [0.717, 1.165) is 5.82 Å². The first-order valence-electron chi connectivity index (χ1n) is 7.69. The van der Waals surface area contributed by atoms with Crippen molar-refractivity contribution < 1.29 is 9.53 Å². The van der Waals surface area contributed by atoms with Crippen LogP contribution in [0.4, 0.5) is 5.82 Å². The van der Waals surface area contributed by atoms with Crippen molar-refractivity contribution in [3.8, 4) is 11.6 Å². The van der Waals surface area contributed by atoms with Crippen LogP contribution < -0.4 is 10.1 Å². The predicted molar refractivity (Wildman–Crippen MR) is 99.1 cm³/mol. The van der Waals surface area contributed by atoms with Crippen LogP contribution in [0, 0.1) is 6.92 Å². The Morgan fingerprint density at radius 2 is 2.04 bits per heavy atom. The Balaban J connectivity index is 1.70. The van der Waals surface area contributed by atoms with Crippen molar-refractivity contribution in [2.45, 2.75) is 20.0 Å². The second kappa shape index (κ2) is 7.72. The number of benzene rings is 1. The van der Waals surface area contributed by atoms with Gasteiger partial charge in [-0.25, -0.2) is 15.0 Å². The van der Waals surface area contributed by atoms with Crippen LogP contribution in [0.15, 0.2) is 43.0 Å². The SMILES string of the molecule is Cc1nccn1-c1cc(NC(=O)C(C)Oc2ccc(Cl)cc2Cl)ncn1. The highest BCUT2D eigenvalue weighted by molar-refractivity contribution is 6.35. The molecule has 0 saturated carbocycles. The number of nitrogens with zero attached hydrogens (tertiary/aromatic N) is 4. The van der Waals surface area contributed by atoms with E-state index in [4.69, 9.17) is 27.9 Å². The summed E-state index contributed by atoms with van der Waals surface area (Å²) in [4.78, 5) is 24.8. The molecule has 0 bridgehead atoms. The summed E-state index contributed by atoms with van der Waals surface area (Å²) in [6.07, 6.45) is 4.02. The minimum absolute atomic E-state index is 0.331. The summed E-state index contributed by atoms with van der Waals surface area (Å²) in [5, 5.41) is 3.52. The number of nitrogens with one attached hydrogen (secondary N) is 1. The number of aromatic nitrogens is 4. The van der Waals surface area contributed by atoms with E-state index >= 15 is 0 Å². The van der Waals surface area contributed by atoms with Gasteiger partial charge in [0.25, 0.3) is 5.91 Å². The highest BCUT2D eigenvalue weighted by Gasteiger charge is 2.17. The number of anilines is 1. The van der Waals surface area contributed by atoms with E-state index in [-0.39, 0.29) is 5.91 Å². The number of imidazole rings is 1. The molecule has 26 heavy (non-hydrogen) atoms. The van der Waals surface area contributed by atoms with Crippen molar-refractivity contribution in [3.05, 3.63) is 58.9 Å². The summed E-state index contributed by atoms with van der Waals surface area (Å²) < 4.78 is 7.38. The van der Waals surface area contributed by atoms with Crippen molar-refractivity contribution in [3.63, 3.8) is 0 Å². The fraction of sp³-hybridized carbons (Fsp3) is 0.176. The second-order valence-electron chi connectivity index (χ2n) is 5.43. The Kier molecular flexibility index (Phi) is 5.39. The molecule has 9 heteroatoms. The molecular weight excluding hydrogens is 377 g/mol. The number of rotatable bonds is 5. The quantitative estimate of drug-likeness (QED) is 0.716. The van der Waals surface area contributed by atoms with Gasteiger partial charge in [-0.3, -0.25) is 9.36 Å². The number of carbonyl (C=O) groups excluding carboxylic acids is 1. The molecule has 1 aromatic carbocycles. The van der Waals surface area contributed by atoms with E-state index in [1.54, 1.807) is 48.1 Å². The first kappa shape index (κ1) is 18.2. The van der Waals surface area contributed by atoms with Gasteiger partial charge in [-0.1, -0.05) is 23.2 Å². The molecule has 3 aromatic rings. The number of carbonyl (C=O) groups is 1. The molecule has 1 N–H and O–H groups in total. The van der Waals surface area contributed by atoms with Gasteiger partial charge >= 0.3 is 0 Å². The van der Waals surface area contributed by atoms with Crippen LogP contribution in [0.2, 0.25) is 10.0 Å². The van der Waals surface area contributed by atoms with Crippen molar-refractivity contribution in [1.29, 1.82) is 0 Å². The first-order chi connectivity index (χ1) is 12.4. The van der Waals surface area contributed by atoms with Crippen LogP contribution in [-0.4, -0.2) is 31.5 Å². The van der Waals surface area contributed by atoms with Gasteiger partial charge in [0.2, 0.25) is 0 Å². The zero-order valence-electron chi connectivity index (χ0n) is 14.0. The Labute approximate surface area is 160 Å². The van der Waals surface area contributed by atoms with Crippen molar-refractivity contribution in [2.24, 2.45) is 0 Å². The lowest BCUT2D eigenvalue weighted by molar-refractivity contribution is -0.122. The molecule has 1 unspecified atom stereocenters. The van der Waals surface area contributed by atoms with Gasteiger partial charge in [0, 0.05) is 23.5 Å². The summed E-state index contributed by atoms with van der Waals surface area (Å²) in [5.41, 5.74) is 0. The van der Waals surface area contributed by atoms with E-state index in [1.807, 2.05) is 6.92 Å². The van der Waals surface area contributed by atoms with Crippen molar-refractivity contribution in [2.75, 3.05) is 5.32 Å². The van der Waals surface area contributed by atoms with E-state index < -0.39 is 6.10 Å². The molecule has 0 aliphatic rings. The summed E-state index contributed by atoms with van der Waals surface area (Å²) in [6.45, 7) is 3.47. The van der Waals surface area contributed by atoms with Gasteiger partial charge in [0.15, 0.2) is 6.10 Å². The third-order valence-corrected chi connectivity index (χ3v) is 4.07. The molecule has 3 rings (SSSR count). The minimum Gasteiger partial charge on any atom is -0.479 e. The average molecular weight is 392 g/mol. The topological polar surface area (TPSA) is 81.9 Å². The molecule has 2 heterocycles. The van der Waals surface area contributed by atoms with Crippen LogP contribution >= 0.6 is 23.2 Å². The van der Waals surface area contributed by atoms with Crippen LogP contribution in [0.5, 0.6) is 5.75 Å². The maximum absolute atomic E-state index is 12.4. The number of amides is 1. The van der Waals surface area contributed by atoms with Crippen LogP contribution in [0.25, 0.3) is 5.82 Å². The second-order valence-corrected chi connectivity index (χ2v) is 6.27. The molecule has 0 radical (unpaired) electrons. The molecule has 0 aliphatic carbocycles. The van der Waals surface area contributed by atoms with Crippen molar-refractivity contribution in [1.82, 2.24) is 19.5 Å². The zero-order valence-corrected chi connectivity index (χ0v) is 15.5. The Hall–Kier alpha value is -2.64. The van der Waals surface area contributed by atoms with E-state index in [9.17, 15) is 4.79 Å². The lowest BCUT2D eigenvalue weighted by atomic mass is 10.3. The fourth-order valence-corrected chi connectivity index (χ4v) is 2.66. The van der Waals surface area contributed by atoms with Gasteiger partial charge in [-0.05, 0) is 32.0 Å². The zero-order chi connectivity index (χ0) is 18.7. The Morgan fingerprint density at radius 3 is 2.73 bits per heavy atom. The summed E-state index contributed by atoms with van der Waals surface area (Å²) in [7, 11) is 0. The van der Waals surface area contributed by atoms with Gasteiger partial charge < -0.3 is 10.1 Å². The minimum atomic E-state index is -0.790. The maximum atomic E-state index is 12.4. The normalized spacial score (nSPS) is 11.8. The average Bonchev–Trinajstić information content (AvgIpc) is 3.03. The van der Waals surface area contributed by atoms with Crippen LogP contribution in [0.3, 0.4) is 0 Å². The molecule has 0 aliphatic heterocycles. The molecule has 1 atom stereocenters. The molecule has 7 nitrogen and oxygen atoms in total. The lowest BCUT2D eigenvalue weighted by Gasteiger charge is -2.15. The van der Waals surface area contributed by atoms with E-state index in [1.165, 1.54) is 6.33 Å². The summed E-state index contributed by atoms with van der Waals surface area (Å²) >= 11 is 11.9. The molecule has 0 fully saturated rings. The van der Waals surface area contributed by atoms with Crippen molar-refractivity contribution >= 4 is 34.9 Å². The summed E-state index contributed by atoms with van der Waals surface area (Å²) in [5.74, 6) is 1.72. The van der Waals surface area contributed by atoms with E-state index in [0.29, 0.717) is 27.4 Å². The highest BCUT2D eigenvalue weighted by atomic mass is 35.5. The molecule has 0 saturated heterocycles. The highest BCUT2D eigenvalue weighted by Crippen LogP contribution is 2.28. The first-order valence-corrected chi connectivity index (χ1v) is 8.44. The largest absolute Gasteiger partial charge is 0.479 e. The third kappa shape index (κ3) is 4.12. The number of hydrogen-bond acceptors (Lipinski definition) is 5. The Bertz CT molecular complexity index is 944. The van der Waals surface area contributed by atoms with Gasteiger partial charge in [-0.2, -0.15) is 0 Å². The van der Waals surface area contributed by atoms with E-state index in [2.05, 4.69) is 20.3 Å². The Morgan fingerprint density at radius 1 is 1.23 bits per heavy atom. The molecule has 134 valence electrons. The lowest BCUT2D eigenvalue weighted by Crippen LogP contribution is -2.30. The van der Waals surface area contributed by atoms with Gasteiger partial charge in [0.1, 0.15) is 29.5 Å². The number of hydrogen-bond donors (Lipinski definition) is 1. The number of halogens is 2. The smallest absolute Gasteiger partial charge is 0.266 e. The van der Waals surface area contributed by atoms with Gasteiger partial charge in [0.05, 0.1) is 5.02 Å². The molecule has 0 spiro atoms. The molecule has 1 amide bonds. The number of ether oxygens (including phenoxy) is 1. The van der Waals surface area contributed by atoms with Gasteiger partial charge in [-0.15, -0.1) is 0 Å². The molecule has 2 aromatic heterocycles. The third-order valence-electron chi connectivity index (χ3n) is 3.54.